The van der Waals surface area contributed by atoms with E-state index < -0.39 is 35.5 Å². The predicted octanol–water partition coefficient (Wildman–Crippen LogP) is 5.46. The van der Waals surface area contributed by atoms with Crippen LogP contribution in [-0.2, 0) is 25.2 Å². The zero-order chi connectivity index (χ0) is 25.9. The molecular formula is C24H23BrF3N3O4. The number of hydrogen-bond donors (Lipinski definition) is 1. The van der Waals surface area contributed by atoms with Gasteiger partial charge in [0.05, 0.1) is 24.4 Å². The number of ether oxygens (including phenoxy) is 2. The topological polar surface area (TPSA) is 92.6 Å². The molecule has 1 aliphatic heterocycles. The first kappa shape index (κ1) is 26.4. The maximum Gasteiger partial charge on any atom is 0.416 e. The van der Waals surface area contributed by atoms with Crippen molar-refractivity contribution in [2.75, 3.05) is 18.1 Å². The molecular weight excluding hydrogens is 531 g/mol. The number of allylic oxidation sites excluding steroid dienone is 1. The first-order valence-electron chi connectivity index (χ1n) is 10.7. The van der Waals surface area contributed by atoms with Crippen LogP contribution in [0.4, 0.5) is 18.9 Å². The van der Waals surface area contributed by atoms with Crippen molar-refractivity contribution in [3.05, 3.63) is 69.6 Å². The third-order valence-electron chi connectivity index (χ3n) is 5.48. The summed E-state index contributed by atoms with van der Waals surface area (Å²) in [5, 5.41) is 8.89. The van der Waals surface area contributed by atoms with Gasteiger partial charge >= 0.3 is 18.1 Å². The molecule has 0 radical (unpaired) electrons. The third-order valence-corrected chi connectivity index (χ3v) is 5.95. The van der Waals surface area contributed by atoms with Gasteiger partial charge in [-0.25, -0.2) is 9.78 Å². The van der Waals surface area contributed by atoms with E-state index in [1.807, 2.05) is 0 Å². The minimum Gasteiger partial charge on any atom is -0.465 e. The fourth-order valence-electron chi connectivity index (χ4n) is 4.04. The molecule has 35 heavy (non-hydrogen) atoms. The summed E-state index contributed by atoms with van der Waals surface area (Å²) in [6.45, 7) is 4.75. The number of anilines is 1. The molecule has 0 fully saturated rings. The SMILES string of the molecule is CCOC(=O)C1=C(C)N(c2cccc(C(F)(F)F)c2)C(=N)C(C(=O)OCC)C1c1ccc(Br)nc1. The Labute approximate surface area is 208 Å². The van der Waals surface area contributed by atoms with Crippen LogP contribution in [0.25, 0.3) is 0 Å². The quantitative estimate of drug-likeness (QED) is 0.377. The Morgan fingerprint density at radius 2 is 1.83 bits per heavy atom. The van der Waals surface area contributed by atoms with Crippen molar-refractivity contribution in [3.63, 3.8) is 0 Å². The number of carbonyl (C=O) groups is 2. The molecule has 7 nitrogen and oxygen atoms in total. The van der Waals surface area contributed by atoms with Crippen molar-refractivity contribution in [3.8, 4) is 0 Å². The smallest absolute Gasteiger partial charge is 0.416 e. The van der Waals surface area contributed by atoms with Gasteiger partial charge in [0.15, 0.2) is 0 Å². The number of halogens is 4. The number of nitrogens with one attached hydrogen (secondary N) is 1. The Balaban J connectivity index is 2.30. The number of aromatic nitrogens is 1. The van der Waals surface area contributed by atoms with Crippen molar-refractivity contribution in [1.29, 1.82) is 5.41 Å². The van der Waals surface area contributed by atoms with Crippen LogP contribution >= 0.6 is 15.9 Å². The van der Waals surface area contributed by atoms with E-state index in [4.69, 9.17) is 14.9 Å². The van der Waals surface area contributed by atoms with Crippen LogP contribution < -0.4 is 4.90 Å². The van der Waals surface area contributed by atoms with E-state index in [-0.39, 0.29) is 36.0 Å². The molecule has 186 valence electrons. The molecule has 0 saturated heterocycles. The van der Waals surface area contributed by atoms with E-state index in [9.17, 15) is 22.8 Å². The van der Waals surface area contributed by atoms with Gasteiger partial charge in [-0.2, -0.15) is 13.2 Å². The number of benzene rings is 1. The van der Waals surface area contributed by atoms with Gasteiger partial charge in [0.1, 0.15) is 16.4 Å². The lowest BCUT2D eigenvalue weighted by Crippen LogP contribution is -2.48. The molecule has 3 rings (SSSR count). The van der Waals surface area contributed by atoms with E-state index in [2.05, 4.69) is 20.9 Å². The van der Waals surface area contributed by atoms with Crippen LogP contribution in [0.2, 0.25) is 0 Å². The summed E-state index contributed by atoms with van der Waals surface area (Å²) in [5.74, 6) is -4.21. The second kappa shape index (κ2) is 10.6. The Morgan fingerprint density at radius 3 is 2.40 bits per heavy atom. The van der Waals surface area contributed by atoms with Gasteiger partial charge in [-0.05, 0) is 66.5 Å². The van der Waals surface area contributed by atoms with Crippen molar-refractivity contribution in [2.24, 2.45) is 5.92 Å². The van der Waals surface area contributed by atoms with Gasteiger partial charge in [0.25, 0.3) is 0 Å². The molecule has 0 bridgehead atoms. The number of carbonyl (C=O) groups excluding carboxylic acids is 2. The summed E-state index contributed by atoms with van der Waals surface area (Å²) >= 11 is 3.25. The molecule has 0 saturated carbocycles. The van der Waals surface area contributed by atoms with Gasteiger partial charge in [0.2, 0.25) is 0 Å². The van der Waals surface area contributed by atoms with Crippen LogP contribution in [0.15, 0.2) is 58.5 Å². The molecule has 0 aliphatic carbocycles. The summed E-state index contributed by atoms with van der Waals surface area (Å²) in [5.41, 5.74) is -0.309. The van der Waals surface area contributed by atoms with Crippen molar-refractivity contribution < 1.29 is 32.2 Å². The van der Waals surface area contributed by atoms with Crippen LogP contribution in [-0.4, -0.2) is 36.0 Å². The molecule has 0 spiro atoms. The Morgan fingerprint density at radius 1 is 1.14 bits per heavy atom. The Kier molecular flexibility index (Phi) is 7.99. The van der Waals surface area contributed by atoms with E-state index in [1.54, 1.807) is 26.0 Å². The number of pyridine rings is 1. The fourth-order valence-corrected chi connectivity index (χ4v) is 4.27. The summed E-state index contributed by atoms with van der Waals surface area (Å²) < 4.78 is 51.2. The van der Waals surface area contributed by atoms with Crippen molar-refractivity contribution in [1.82, 2.24) is 4.98 Å². The fraction of sp³-hybridized carbons (Fsp3) is 0.333. The highest BCUT2D eigenvalue weighted by atomic mass is 79.9. The van der Waals surface area contributed by atoms with E-state index in [0.717, 1.165) is 17.0 Å². The van der Waals surface area contributed by atoms with E-state index in [1.165, 1.54) is 25.3 Å². The first-order chi connectivity index (χ1) is 16.5. The second-order valence-corrected chi connectivity index (χ2v) is 8.42. The Hall–Kier alpha value is -3.21. The van der Waals surface area contributed by atoms with Gasteiger partial charge in [-0.3, -0.25) is 10.2 Å². The minimum atomic E-state index is -4.62. The van der Waals surface area contributed by atoms with E-state index >= 15 is 0 Å². The Bertz CT molecular complexity index is 1170. The average Bonchev–Trinajstić information content (AvgIpc) is 2.79. The number of nitrogens with zero attached hydrogens (tertiary/aromatic N) is 2. The van der Waals surface area contributed by atoms with Crippen molar-refractivity contribution >= 4 is 39.4 Å². The van der Waals surface area contributed by atoms with Gasteiger partial charge in [-0.1, -0.05) is 12.1 Å². The lowest BCUT2D eigenvalue weighted by atomic mass is 9.76. The predicted molar refractivity (Wildman–Crippen MR) is 126 cm³/mol. The maximum atomic E-state index is 13.4. The first-order valence-corrected chi connectivity index (χ1v) is 11.5. The molecule has 2 unspecified atom stereocenters. The maximum absolute atomic E-state index is 13.4. The summed E-state index contributed by atoms with van der Waals surface area (Å²) in [4.78, 5) is 31.6. The van der Waals surface area contributed by atoms with Crippen LogP contribution in [0, 0.1) is 11.3 Å². The highest BCUT2D eigenvalue weighted by Gasteiger charge is 2.47. The molecule has 2 heterocycles. The average molecular weight is 554 g/mol. The molecule has 1 aromatic carbocycles. The monoisotopic (exact) mass is 553 g/mol. The molecule has 1 N–H and O–H groups in total. The number of esters is 2. The number of alkyl halides is 3. The summed E-state index contributed by atoms with van der Waals surface area (Å²) in [6.07, 6.45) is -3.16. The van der Waals surface area contributed by atoms with Crippen molar-refractivity contribution in [2.45, 2.75) is 32.9 Å². The zero-order valence-corrected chi connectivity index (χ0v) is 20.7. The largest absolute Gasteiger partial charge is 0.465 e. The van der Waals surface area contributed by atoms with E-state index in [0.29, 0.717) is 10.2 Å². The van der Waals surface area contributed by atoms with Gasteiger partial charge < -0.3 is 14.4 Å². The standard InChI is InChI=1S/C24H23BrF3N3O4/c1-4-34-22(32)18-13(3)31(16-8-6-7-15(11-16)24(26,27)28)21(29)20(23(33)35-5-2)19(18)14-9-10-17(25)30-12-14/h6-12,19-20,29H,4-5H2,1-3H3. The molecule has 1 aromatic heterocycles. The molecule has 2 aromatic rings. The van der Waals surface area contributed by atoms with Gasteiger partial charge in [-0.15, -0.1) is 0 Å². The van der Waals surface area contributed by atoms with Crippen LogP contribution in [0.1, 0.15) is 37.8 Å². The number of hydrogen-bond acceptors (Lipinski definition) is 6. The third kappa shape index (κ3) is 5.39. The normalized spacial score (nSPS) is 18.5. The zero-order valence-electron chi connectivity index (χ0n) is 19.1. The molecule has 2 atom stereocenters. The second-order valence-electron chi connectivity index (χ2n) is 7.61. The van der Waals surface area contributed by atoms with Crippen LogP contribution in [0.5, 0.6) is 0 Å². The lowest BCUT2D eigenvalue weighted by Gasteiger charge is -2.40. The molecule has 1 aliphatic rings. The van der Waals surface area contributed by atoms with Gasteiger partial charge in [0, 0.05) is 23.5 Å². The molecule has 11 heteroatoms. The summed E-state index contributed by atoms with van der Waals surface area (Å²) in [7, 11) is 0. The lowest BCUT2D eigenvalue weighted by molar-refractivity contribution is -0.146. The number of rotatable bonds is 6. The highest BCUT2D eigenvalue weighted by Crippen LogP contribution is 2.44. The minimum absolute atomic E-state index is 0.00885. The van der Waals surface area contributed by atoms with Crippen LogP contribution in [0.3, 0.4) is 0 Å². The molecule has 0 amide bonds. The highest BCUT2D eigenvalue weighted by molar-refractivity contribution is 9.10. The number of amidine groups is 1. The summed E-state index contributed by atoms with van der Waals surface area (Å²) in [6, 6.07) is 7.62.